The summed E-state index contributed by atoms with van der Waals surface area (Å²) in [5, 5.41) is 7.55. The number of rotatable bonds is 8. The summed E-state index contributed by atoms with van der Waals surface area (Å²) >= 11 is 0. The van der Waals surface area contributed by atoms with E-state index in [1.807, 2.05) is 18.5 Å². The van der Waals surface area contributed by atoms with Crippen LogP contribution in [0.15, 0.2) is 145 Å². The molecule has 35 heavy (non-hydrogen) atoms. The highest BCUT2D eigenvalue weighted by molar-refractivity contribution is 6.95. The average molecular weight is 468 g/mol. The van der Waals surface area contributed by atoms with Gasteiger partial charge in [0, 0.05) is 11.3 Å². The highest BCUT2D eigenvalue weighted by Crippen LogP contribution is 2.26. The van der Waals surface area contributed by atoms with E-state index in [9.17, 15) is 0 Å². The Balaban J connectivity index is 1.34. The third kappa shape index (κ3) is 5.65. The van der Waals surface area contributed by atoms with E-state index >= 15 is 0 Å². The van der Waals surface area contributed by atoms with E-state index in [4.69, 9.17) is 4.99 Å². The molecular weight excluding hydrogens is 440 g/mol. The van der Waals surface area contributed by atoms with Crippen LogP contribution in [0.1, 0.15) is 5.56 Å². The Morgan fingerprint density at radius 2 is 1.14 bits per heavy atom. The largest absolute Gasteiger partial charge is 0.346 e. The van der Waals surface area contributed by atoms with Gasteiger partial charge in [-0.2, -0.15) is 0 Å². The fourth-order valence-electron chi connectivity index (χ4n) is 4.28. The summed E-state index contributed by atoms with van der Waals surface area (Å²) in [7, 11) is -1.08. The predicted molar refractivity (Wildman–Crippen MR) is 152 cm³/mol. The first-order valence-corrected chi connectivity index (χ1v) is 13.3. The van der Waals surface area contributed by atoms with Crippen molar-refractivity contribution in [3.63, 3.8) is 0 Å². The normalized spacial score (nSPS) is 11.1. The highest BCUT2D eigenvalue weighted by Gasteiger charge is 2.19. The Bertz CT molecular complexity index is 1340. The molecule has 0 fully saturated rings. The zero-order valence-corrected chi connectivity index (χ0v) is 20.5. The second-order valence-corrected chi connectivity index (χ2v) is 10.8. The van der Waals surface area contributed by atoms with Crippen molar-refractivity contribution >= 4 is 36.4 Å². The van der Waals surface area contributed by atoms with Gasteiger partial charge in [-0.05, 0) is 17.2 Å². The van der Waals surface area contributed by atoms with Crippen LogP contribution in [0.4, 0.5) is 5.69 Å². The van der Waals surface area contributed by atoms with Crippen LogP contribution in [-0.2, 0) is 6.54 Å². The molecule has 0 heterocycles. The molecule has 0 aliphatic rings. The quantitative estimate of drug-likeness (QED) is 0.138. The van der Waals surface area contributed by atoms with Crippen LogP contribution in [0, 0.1) is 0 Å². The van der Waals surface area contributed by atoms with Gasteiger partial charge in [0.05, 0.1) is 12.9 Å². The Hall–Kier alpha value is -4.21. The molecule has 1 radical (unpaired) electrons. The fraction of sp³-hybridized carbons (Fsp3) is 0.0312. The summed E-state index contributed by atoms with van der Waals surface area (Å²) in [6, 6.07) is 49.4. The molecule has 1 N–H and O–H groups in total. The number of benzene rings is 5. The van der Waals surface area contributed by atoms with Crippen molar-refractivity contribution in [3.05, 3.63) is 145 Å². The summed E-state index contributed by atoms with van der Waals surface area (Å²) in [5.74, 6) is 0. The van der Waals surface area contributed by atoms with E-state index in [0.29, 0.717) is 6.54 Å². The van der Waals surface area contributed by atoms with E-state index in [1.54, 1.807) is 0 Å². The molecule has 0 unspecified atom stereocenters. The maximum absolute atomic E-state index is 4.69. The molecule has 0 aliphatic carbocycles. The van der Waals surface area contributed by atoms with Crippen LogP contribution in [0.2, 0.25) is 0 Å². The minimum atomic E-state index is -1.08. The molecule has 0 spiro atoms. The molecule has 5 aromatic rings. The molecular formula is C32H27N2Si. The average Bonchev–Trinajstić information content (AvgIpc) is 2.93. The molecule has 0 bridgehead atoms. The summed E-state index contributed by atoms with van der Waals surface area (Å²) in [6.07, 6.45) is 1.81. The molecule has 169 valence electrons. The molecule has 0 saturated heterocycles. The Kier molecular flexibility index (Phi) is 7.27. The lowest BCUT2D eigenvalue weighted by Crippen LogP contribution is -2.51. The van der Waals surface area contributed by atoms with Crippen LogP contribution in [0.25, 0.3) is 11.1 Å². The van der Waals surface area contributed by atoms with Gasteiger partial charge in [0.25, 0.3) is 0 Å². The summed E-state index contributed by atoms with van der Waals surface area (Å²) < 4.78 is 0. The van der Waals surface area contributed by atoms with Crippen molar-refractivity contribution in [1.29, 1.82) is 0 Å². The Labute approximate surface area is 209 Å². The second kappa shape index (κ2) is 11.3. The van der Waals surface area contributed by atoms with Crippen molar-refractivity contribution in [2.24, 2.45) is 4.99 Å². The summed E-state index contributed by atoms with van der Waals surface area (Å²) in [6.45, 7) is 0.632. The molecule has 0 aliphatic heterocycles. The molecule has 5 aromatic carbocycles. The molecule has 5 rings (SSSR count). The van der Waals surface area contributed by atoms with Crippen LogP contribution in [0.5, 0.6) is 0 Å². The molecule has 0 atom stereocenters. The minimum absolute atomic E-state index is 0.632. The van der Waals surface area contributed by atoms with Gasteiger partial charge in [-0.25, -0.2) is 0 Å². The van der Waals surface area contributed by atoms with Crippen LogP contribution in [0.3, 0.4) is 0 Å². The van der Waals surface area contributed by atoms with Gasteiger partial charge in [-0.3, -0.25) is 4.99 Å². The molecule has 3 heteroatoms. The van der Waals surface area contributed by atoms with Gasteiger partial charge in [0.2, 0.25) is 0 Å². The lowest BCUT2D eigenvalue weighted by Gasteiger charge is -2.17. The van der Waals surface area contributed by atoms with E-state index in [2.05, 4.69) is 133 Å². The van der Waals surface area contributed by atoms with Crippen molar-refractivity contribution in [2.45, 2.75) is 6.54 Å². The number of hydrogen-bond acceptors (Lipinski definition) is 1. The first kappa shape index (κ1) is 22.6. The van der Waals surface area contributed by atoms with Gasteiger partial charge >= 0.3 is 0 Å². The molecule has 2 nitrogen and oxygen atoms in total. The zero-order chi connectivity index (χ0) is 23.7. The molecule has 0 amide bonds. The monoisotopic (exact) mass is 467 g/mol. The van der Waals surface area contributed by atoms with Crippen molar-refractivity contribution in [3.8, 4) is 11.1 Å². The second-order valence-electron chi connectivity index (χ2n) is 8.33. The minimum Gasteiger partial charge on any atom is -0.346 e. The van der Waals surface area contributed by atoms with Crippen LogP contribution < -0.4 is 20.9 Å². The summed E-state index contributed by atoms with van der Waals surface area (Å²) in [5.41, 5.74) is 4.62. The first-order chi connectivity index (χ1) is 17.4. The zero-order valence-electron chi connectivity index (χ0n) is 19.5. The number of anilines is 1. The van der Waals surface area contributed by atoms with Gasteiger partial charge in [-0.15, -0.1) is 0 Å². The number of hydrogen-bond donors (Lipinski definition) is 1. The van der Waals surface area contributed by atoms with E-state index in [1.165, 1.54) is 32.3 Å². The Morgan fingerprint density at radius 1 is 0.571 bits per heavy atom. The van der Waals surface area contributed by atoms with Gasteiger partial charge in [0.1, 0.15) is 0 Å². The fourth-order valence-corrected chi connectivity index (χ4v) is 6.92. The number of nitrogens with zero attached hydrogens (tertiary/aromatic N) is 1. The third-order valence-corrected chi connectivity index (χ3v) is 8.65. The number of nitrogens with one attached hydrogen (secondary N) is 1. The standard InChI is InChI=1S/C32H27N2Si/c1-4-14-27(15-5-1)31-21-10-11-22-32(31)34-25-33-24-26-13-12-20-30(23-26)35(28-16-6-2-7-17-28)29-18-8-3-9-19-29/h1-23,25H,24H2,(H,33,34). The van der Waals surface area contributed by atoms with Crippen LogP contribution in [-0.4, -0.2) is 15.1 Å². The smallest absolute Gasteiger partial charge is 0.154 e. The summed E-state index contributed by atoms with van der Waals surface area (Å²) in [4.78, 5) is 4.69. The van der Waals surface area contributed by atoms with Gasteiger partial charge in [-0.1, -0.05) is 149 Å². The van der Waals surface area contributed by atoms with E-state index in [-0.39, 0.29) is 0 Å². The topological polar surface area (TPSA) is 24.4 Å². The predicted octanol–water partition coefficient (Wildman–Crippen LogP) is 5.51. The van der Waals surface area contributed by atoms with Crippen molar-refractivity contribution in [1.82, 2.24) is 0 Å². The Morgan fingerprint density at radius 3 is 1.83 bits per heavy atom. The maximum Gasteiger partial charge on any atom is 0.154 e. The lowest BCUT2D eigenvalue weighted by atomic mass is 10.0. The number of para-hydroxylation sites is 1. The third-order valence-electron chi connectivity index (χ3n) is 5.94. The van der Waals surface area contributed by atoms with Gasteiger partial charge in [0.15, 0.2) is 8.80 Å². The van der Waals surface area contributed by atoms with Crippen molar-refractivity contribution < 1.29 is 0 Å². The van der Waals surface area contributed by atoms with Crippen LogP contribution >= 0.6 is 0 Å². The van der Waals surface area contributed by atoms with E-state index in [0.717, 1.165) is 5.69 Å². The maximum atomic E-state index is 4.69. The van der Waals surface area contributed by atoms with Crippen molar-refractivity contribution in [2.75, 3.05) is 5.32 Å². The number of aliphatic imine (C=N–C) groups is 1. The van der Waals surface area contributed by atoms with Gasteiger partial charge < -0.3 is 5.32 Å². The molecule has 0 aromatic heterocycles. The van der Waals surface area contributed by atoms with E-state index < -0.39 is 8.80 Å². The molecule has 0 saturated carbocycles. The lowest BCUT2D eigenvalue weighted by molar-refractivity contribution is 1.08. The first-order valence-electron chi connectivity index (χ1n) is 11.8. The highest BCUT2D eigenvalue weighted by atomic mass is 28.3. The SMILES string of the molecule is C(=NCc1cccc([Si](c2ccccc2)c2ccccc2)c1)Nc1ccccc1-c1ccccc1.